The number of carbonyl (C=O) groups excluding carboxylic acids is 1. The average molecular weight is 398 g/mol. The summed E-state index contributed by atoms with van der Waals surface area (Å²) in [4.78, 5) is 11.7. The quantitative estimate of drug-likeness (QED) is 0.587. The van der Waals surface area contributed by atoms with E-state index in [1.54, 1.807) is 26.1 Å². The second kappa shape index (κ2) is 7.14. The highest BCUT2D eigenvalue weighted by Crippen LogP contribution is 2.28. The molecule has 0 saturated carbocycles. The van der Waals surface area contributed by atoms with Gasteiger partial charge in [-0.1, -0.05) is 5.16 Å². The van der Waals surface area contributed by atoms with Crippen LogP contribution in [-0.2, 0) is 9.14 Å². The van der Waals surface area contributed by atoms with Crippen molar-refractivity contribution in [3.05, 3.63) is 29.5 Å². The van der Waals surface area contributed by atoms with Gasteiger partial charge < -0.3 is 19.2 Å². The summed E-state index contributed by atoms with van der Waals surface area (Å²) < 4.78 is 39.4. The maximum atomic E-state index is 14.8. The number of hydrogen-bond donors (Lipinski definition) is 2. The maximum absolute atomic E-state index is 14.8. The number of amides is 1. The lowest BCUT2D eigenvalue weighted by Gasteiger charge is -2.18. The van der Waals surface area contributed by atoms with Crippen molar-refractivity contribution in [3.8, 4) is 0 Å². The Morgan fingerprint density at radius 1 is 1.42 bits per heavy atom. The Morgan fingerprint density at radius 3 is 2.81 bits per heavy atom. The predicted molar refractivity (Wildman–Crippen MR) is 97.4 cm³/mol. The molecule has 2 heterocycles. The number of benzene rings is 1. The monoisotopic (exact) mass is 398 g/mol. The molecule has 1 aliphatic rings. The summed E-state index contributed by atoms with van der Waals surface area (Å²) in [6.07, 6.45) is 0.0481. The van der Waals surface area contributed by atoms with Gasteiger partial charge in [-0.15, -0.1) is 11.8 Å². The van der Waals surface area contributed by atoms with Crippen molar-refractivity contribution in [3.63, 3.8) is 0 Å². The lowest BCUT2D eigenvalue weighted by molar-refractivity contribution is -0.115. The van der Waals surface area contributed by atoms with Crippen LogP contribution in [0.3, 0.4) is 0 Å². The molecule has 0 aliphatic carbocycles. The molecule has 1 aromatic carbocycles. The molecule has 0 saturated heterocycles. The first kappa shape index (κ1) is 19.1. The topological polar surface area (TPSA) is 84.6 Å². The zero-order chi connectivity index (χ0) is 19.1. The van der Waals surface area contributed by atoms with E-state index >= 15 is 0 Å². The number of nitrogens with zero attached hydrogens (tertiary/aromatic N) is 1. The number of nitrogens with one attached hydrogen (secondary N) is 1. The Bertz CT molecular complexity index is 864. The van der Waals surface area contributed by atoms with Crippen LogP contribution in [0, 0.1) is 18.6 Å². The highest BCUT2D eigenvalue weighted by molar-refractivity contribution is 7.99. The van der Waals surface area contributed by atoms with Crippen LogP contribution in [0.1, 0.15) is 12.2 Å². The van der Waals surface area contributed by atoms with E-state index in [0.29, 0.717) is 11.6 Å². The minimum absolute atomic E-state index is 0.0481. The van der Waals surface area contributed by atoms with Crippen LogP contribution < -0.4 is 16.0 Å². The molecule has 3 rings (SSSR count). The van der Waals surface area contributed by atoms with E-state index in [-0.39, 0.29) is 33.6 Å². The largest absolute Gasteiger partial charge is 0.480 e. The van der Waals surface area contributed by atoms with E-state index in [9.17, 15) is 18.6 Å². The van der Waals surface area contributed by atoms with E-state index < -0.39 is 27.1 Å². The highest BCUT2D eigenvalue weighted by Gasteiger charge is 2.46. The molecule has 0 bridgehead atoms. The number of carbonyl (C=O) groups is 1. The molecule has 1 amide bonds. The van der Waals surface area contributed by atoms with Gasteiger partial charge in [0.25, 0.3) is 0 Å². The summed E-state index contributed by atoms with van der Waals surface area (Å²) in [6, 6.07) is 2.69. The number of hydrogen-bond acceptors (Lipinski definition) is 6. The summed E-state index contributed by atoms with van der Waals surface area (Å²) in [6.45, 7) is 5.18. The number of aromatic nitrogens is 1. The molecule has 2 aromatic rings. The number of halogens is 2. The fourth-order valence-corrected chi connectivity index (χ4v) is 6.19. The van der Waals surface area contributed by atoms with Gasteiger partial charge in [0.2, 0.25) is 14.2 Å². The molecule has 0 atom stereocenters. The Hall–Kier alpha value is -1.69. The number of aryl methyl sites for hydroxylation is 1. The second-order valence-electron chi connectivity index (χ2n) is 6.42. The maximum Gasteiger partial charge on any atom is 0.480 e. The Balaban J connectivity index is 1.68. The molecular weight excluding hydrogens is 381 g/mol. The molecular formula is C15H17BF2N2O4SSi. The zero-order valence-corrected chi connectivity index (χ0v) is 16.2. The lowest BCUT2D eigenvalue weighted by Crippen LogP contribution is -2.46. The van der Waals surface area contributed by atoms with Gasteiger partial charge >= 0.3 is 7.12 Å². The molecule has 2 N–H and O–H groups in total. The fraction of sp³-hybridized carbons (Fsp3) is 0.333. The van der Waals surface area contributed by atoms with Crippen molar-refractivity contribution < 1.29 is 27.5 Å². The molecule has 0 spiro atoms. The van der Waals surface area contributed by atoms with Gasteiger partial charge in [-0.25, -0.2) is 8.78 Å². The summed E-state index contributed by atoms with van der Waals surface area (Å²) >= 11 is 0.916. The Labute approximate surface area is 154 Å². The minimum Gasteiger partial charge on any atom is -0.446 e. The number of thioether (sulfide) groups is 1. The molecule has 26 heavy (non-hydrogen) atoms. The molecule has 0 unspecified atom stereocenters. The van der Waals surface area contributed by atoms with Gasteiger partial charge in [-0.05, 0) is 31.5 Å². The van der Waals surface area contributed by atoms with Crippen molar-refractivity contribution >= 4 is 49.6 Å². The average Bonchev–Trinajstić information content (AvgIpc) is 3.03. The standard InChI is InChI=1S/C15H17BF2N2O4SSi/c1-8-6-11(20-23-8)19-12(21)4-5-25-14-10(17)7-9-15(13(14)18)26(2,3)24-16(9)22/h6-7,22H,4-5H2,1-3H3,(H,19,20,21). The Kier molecular flexibility index (Phi) is 5.24. The SMILES string of the molecule is Cc1cc(NC(=O)CCSc2c(F)cc3c(c2F)[Si](C)(C)OB3O)no1. The van der Waals surface area contributed by atoms with Gasteiger partial charge in [0, 0.05) is 23.4 Å². The fourth-order valence-electron chi connectivity index (χ4n) is 2.84. The summed E-state index contributed by atoms with van der Waals surface area (Å²) in [7, 11) is -3.94. The first-order valence-electron chi connectivity index (χ1n) is 7.93. The molecule has 0 fully saturated rings. The summed E-state index contributed by atoms with van der Waals surface area (Å²) in [5.41, 5.74) is 0.153. The van der Waals surface area contributed by atoms with Crippen molar-refractivity contribution in [1.29, 1.82) is 0 Å². The lowest BCUT2D eigenvalue weighted by atomic mass is 9.80. The third-order valence-corrected chi connectivity index (χ3v) is 7.55. The number of anilines is 1. The van der Waals surface area contributed by atoms with E-state index in [1.807, 2.05) is 0 Å². The van der Waals surface area contributed by atoms with Crippen molar-refractivity contribution in [2.24, 2.45) is 0 Å². The van der Waals surface area contributed by atoms with Gasteiger partial charge in [-0.3, -0.25) is 4.79 Å². The van der Waals surface area contributed by atoms with E-state index in [2.05, 4.69) is 10.5 Å². The van der Waals surface area contributed by atoms with Crippen LogP contribution in [0.15, 0.2) is 21.6 Å². The molecule has 11 heteroatoms. The summed E-state index contributed by atoms with van der Waals surface area (Å²) in [5.74, 6) is -0.764. The van der Waals surface area contributed by atoms with Crippen molar-refractivity contribution in [2.45, 2.75) is 31.3 Å². The number of fused-ring (bicyclic) bond motifs is 1. The van der Waals surface area contributed by atoms with E-state index in [4.69, 9.17) is 8.87 Å². The molecule has 1 aliphatic heterocycles. The van der Waals surface area contributed by atoms with E-state index in [1.165, 1.54) is 0 Å². The first-order valence-corrected chi connectivity index (χ1v) is 11.8. The first-order chi connectivity index (χ1) is 12.2. The summed E-state index contributed by atoms with van der Waals surface area (Å²) in [5, 5.41) is 16.3. The molecule has 0 radical (unpaired) electrons. The van der Waals surface area contributed by atoms with Gasteiger partial charge in [0.05, 0.1) is 4.90 Å². The molecule has 1 aromatic heterocycles. The smallest absolute Gasteiger partial charge is 0.446 e. The van der Waals surface area contributed by atoms with Gasteiger partial charge in [0.1, 0.15) is 17.4 Å². The zero-order valence-electron chi connectivity index (χ0n) is 14.4. The molecule has 138 valence electrons. The van der Waals surface area contributed by atoms with Crippen LogP contribution in [-0.4, -0.2) is 37.3 Å². The van der Waals surface area contributed by atoms with Crippen LogP contribution in [0.25, 0.3) is 0 Å². The highest BCUT2D eigenvalue weighted by atomic mass is 32.2. The minimum atomic E-state index is -2.64. The van der Waals surface area contributed by atoms with Crippen LogP contribution in [0.2, 0.25) is 13.1 Å². The predicted octanol–water partition coefficient (Wildman–Crippen LogP) is 1.51. The van der Waals surface area contributed by atoms with Gasteiger partial charge in [0.15, 0.2) is 5.82 Å². The third kappa shape index (κ3) is 3.70. The van der Waals surface area contributed by atoms with Crippen molar-refractivity contribution in [1.82, 2.24) is 5.16 Å². The normalized spacial score (nSPS) is 15.2. The third-order valence-electron chi connectivity index (χ3n) is 3.95. The van der Waals surface area contributed by atoms with Crippen LogP contribution >= 0.6 is 11.8 Å². The van der Waals surface area contributed by atoms with Crippen LogP contribution in [0.4, 0.5) is 14.6 Å². The van der Waals surface area contributed by atoms with Gasteiger partial charge in [-0.2, -0.15) is 0 Å². The molecule has 6 nitrogen and oxygen atoms in total. The van der Waals surface area contributed by atoms with Crippen molar-refractivity contribution in [2.75, 3.05) is 11.1 Å². The second-order valence-corrected chi connectivity index (χ2v) is 11.3. The Morgan fingerprint density at radius 2 is 2.15 bits per heavy atom. The van der Waals surface area contributed by atoms with Crippen LogP contribution in [0.5, 0.6) is 0 Å². The number of rotatable bonds is 5. The van der Waals surface area contributed by atoms with E-state index in [0.717, 1.165) is 17.8 Å².